The minimum Gasteiger partial charge on any atom is -0.396 e. The summed E-state index contributed by atoms with van der Waals surface area (Å²) < 4.78 is 1.86. The van der Waals surface area contributed by atoms with Crippen molar-refractivity contribution in [1.29, 1.82) is 0 Å². The second kappa shape index (κ2) is 10.7. The standard InChI is InChI=1S/C9H10BrCl.C8H8BrClO/c1-2-3-7-4-5-8(10)9(11)6-7;9-7-2-1-6(3-4-11)5-8(7)10/h4-6H,2-3H2,1H3;1-2,5,11H,3-4H2. The molecule has 0 aromatic heterocycles. The maximum Gasteiger partial charge on any atom is 0.0550 e. The summed E-state index contributed by atoms with van der Waals surface area (Å²) >= 11 is 18.4. The molecule has 0 aliphatic carbocycles. The summed E-state index contributed by atoms with van der Waals surface area (Å²) in [6, 6.07) is 11.8. The van der Waals surface area contributed by atoms with Gasteiger partial charge in [-0.05, 0) is 80.1 Å². The molecule has 0 bridgehead atoms. The van der Waals surface area contributed by atoms with Crippen LogP contribution in [0.1, 0.15) is 24.5 Å². The number of aryl methyl sites for hydroxylation is 1. The van der Waals surface area contributed by atoms with Crippen molar-refractivity contribution in [2.45, 2.75) is 26.2 Å². The fourth-order valence-electron chi connectivity index (χ4n) is 1.81. The van der Waals surface area contributed by atoms with Crippen LogP contribution in [0.25, 0.3) is 0 Å². The summed E-state index contributed by atoms with van der Waals surface area (Å²) in [6.07, 6.45) is 2.93. The lowest BCUT2D eigenvalue weighted by atomic mass is 10.1. The quantitative estimate of drug-likeness (QED) is 0.529. The van der Waals surface area contributed by atoms with E-state index in [1.807, 2.05) is 30.3 Å². The monoisotopic (exact) mass is 466 g/mol. The fourth-order valence-corrected chi connectivity index (χ4v) is 2.71. The van der Waals surface area contributed by atoms with Crippen LogP contribution in [0.15, 0.2) is 45.3 Å². The molecule has 2 aromatic carbocycles. The van der Waals surface area contributed by atoms with Crippen LogP contribution < -0.4 is 0 Å². The van der Waals surface area contributed by atoms with Crippen LogP contribution in [0.4, 0.5) is 0 Å². The lowest BCUT2D eigenvalue weighted by Crippen LogP contribution is -1.89. The molecule has 0 atom stereocenters. The van der Waals surface area contributed by atoms with Crippen LogP contribution in [0.5, 0.6) is 0 Å². The van der Waals surface area contributed by atoms with Crippen molar-refractivity contribution in [2.75, 3.05) is 6.61 Å². The lowest BCUT2D eigenvalue weighted by Gasteiger charge is -2.00. The molecule has 0 amide bonds. The summed E-state index contributed by atoms with van der Waals surface area (Å²) in [5, 5.41) is 10.1. The highest BCUT2D eigenvalue weighted by molar-refractivity contribution is 9.10. The molecule has 1 nitrogen and oxygen atoms in total. The highest BCUT2D eigenvalue weighted by Gasteiger charge is 1.98. The number of hydrogen-bond donors (Lipinski definition) is 1. The molecule has 0 radical (unpaired) electrons. The highest BCUT2D eigenvalue weighted by Crippen LogP contribution is 2.24. The number of rotatable bonds is 4. The minimum absolute atomic E-state index is 0.165. The Labute approximate surface area is 158 Å². The van der Waals surface area contributed by atoms with Gasteiger partial charge in [0.1, 0.15) is 0 Å². The van der Waals surface area contributed by atoms with Gasteiger partial charge in [-0.3, -0.25) is 0 Å². The molecule has 0 spiro atoms. The first-order valence-corrected chi connectivity index (χ1v) is 9.30. The molecule has 22 heavy (non-hydrogen) atoms. The number of hydrogen-bond acceptors (Lipinski definition) is 1. The minimum atomic E-state index is 0.165. The molecule has 1 N–H and O–H groups in total. The molecule has 0 saturated heterocycles. The van der Waals surface area contributed by atoms with Crippen LogP contribution in [0.3, 0.4) is 0 Å². The van der Waals surface area contributed by atoms with Gasteiger partial charge in [0.25, 0.3) is 0 Å². The van der Waals surface area contributed by atoms with Gasteiger partial charge < -0.3 is 5.11 Å². The molecule has 0 fully saturated rings. The van der Waals surface area contributed by atoms with Gasteiger partial charge >= 0.3 is 0 Å². The van der Waals surface area contributed by atoms with E-state index in [0.29, 0.717) is 11.4 Å². The molecule has 0 aliphatic heterocycles. The first-order valence-electron chi connectivity index (χ1n) is 6.96. The Bertz CT molecular complexity index is 550. The van der Waals surface area contributed by atoms with E-state index in [1.54, 1.807) is 0 Å². The molecule has 120 valence electrons. The zero-order valence-electron chi connectivity index (χ0n) is 12.3. The van der Waals surface area contributed by atoms with Gasteiger partial charge in [-0.2, -0.15) is 0 Å². The topological polar surface area (TPSA) is 20.2 Å². The summed E-state index contributed by atoms with van der Waals surface area (Å²) in [5.41, 5.74) is 2.36. The fraction of sp³-hybridized carbons (Fsp3) is 0.294. The number of benzene rings is 2. The van der Waals surface area contributed by atoms with Crippen molar-refractivity contribution < 1.29 is 5.11 Å². The lowest BCUT2D eigenvalue weighted by molar-refractivity contribution is 0.299. The second-order valence-electron chi connectivity index (χ2n) is 4.72. The zero-order valence-corrected chi connectivity index (χ0v) is 16.9. The normalized spacial score (nSPS) is 10.1. The van der Waals surface area contributed by atoms with Gasteiger partial charge in [0.05, 0.1) is 10.0 Å². The van der Waals surface area contributed by atoms with Crippen molar-refractivity contribution in [3.8, 4) is 0 Å². The number of aliphatic hydroxyl groups is 1. The van der Waals surface area contributed by atoms with Gasteiger partial charge in [-0.25, -0.2) is 0 Å². The van der Waals surface area contributed by atoms with E-state index in [2.05, 4.69) is 44.8 Å². The van der Waals surface area contributed by atoms with Crippen molar-refractivity contribution in [3.63, 3.8) is 0 Å². The maximum absolute atomic E-state index is 8.63. The third-order valence-electron chi connectivity index (χ3n) is 2.91. The molecule has 0 unspecified atom stereocenters. The van der Waals surface area contributed by atoms with Crippen LogP contribution in [-0.4, -0.2) is 11.7 Å². The molecule has 2 aromatic rings. The zero-order chi connectivity index (χ0) is 16.5. The third-order valence-corrected chi connectivity index (χ3v) is 5.37. The first kappa shape index (κ1) is 20.0. The van der Waals surface area contributed by atoms with Crippen molar-refractivity contribution in [1.82, 2.24) is 0 Å². The largest absolute Gasteiger partial charge is 0.396 e. The molecule has 0 aliphatic rings. The summed E-state index contributed by atoms with van der Waals surface area (Å²) in [6.45, 7) is 2.33. The average molecular weight is 469 g/mol. The highest BCUT2D eigenvalue weighted by atomic mass is 79.9. The number of aliphatic hydroxyl groups excluding tert-OH is 1. The average Bonchev–Trinajstić information content (AvgIpc) is 2.48. The van der Waals surface area contributed by atoms with Crippen molar-refractivity contribution in [2.24, 2.45) is 0 Å². The summed E-state index contributed by atoms with van der Waals surface area (Å²) in [4.78, 5) is 0. The summed E-state index contributed by atoms with van der Waals surface area (Å²) in [5.74, 6) is 0. The van der Waals surface area contributed by atoms with Crippen molar-refractivity contribution >= 4 is 55.1 Å². The second-order valence-corrected chi connectivity index (χ2v) is 7.24. The Morgan fingerprint density at radius 1 is 0.864 bits per heavy atom. The molecule has 0 heterocycles. The van der Waals surface area contributed by atoms with Crippen LogP contribution in [0.2, 0.25) is 10.0 Å². The van der Waals surface area contributed by atoms with E-state index in [-0.39, 0.29) is 6.61 Å². The third kappa shape index (κ3) is 7.01. The van der Waals surface area contributed by atoms with Gasteiger partial charge in [-0.1, -0.05) is 48.7 Å². The molecule has 2 rings (SSSR count). The SMILES string of the molecule is CCCc1ccc(Br)c(Cl)c1.OCCc1ccc(Br)c(Cl)c1. The predicted octanol–water partition coefficient (Wildman–Crippen LogP) is 6.69. The van der Waals surface area contributed by atoms with Gasteiger partial charge in [0.15, 0.2) is 0 Å². The van der Waals surface area contributed by atoms with E-state index >= 15 is 0 Å². The number of halogens is 4. The Hall–Kier alpha value is -0.0600. The van der Waals surface area contributed by atoms with E-state index in [9.17, 15) is 0 Å². The van der Waals surface area contributed by atoms with E-state index in [1.165, 1.54) is 5.56 Å². The Morgan fingerprint density at radius 2 is 1.32 bits per heavy atom. The summed E-state index contributed by atoms with van der Waals surface area (Å²) in [7, 11) is 0. The molecular weight excluding hydrogens is 451 g/mol. The predicted molar refractivity (Wildman–Crippen MR) is 103 cm³/mol. The first-order chi connectivity index (χ1) is 10.5. The van der Waals surface area contributed by atoms with Crippen molar-refractivity contribution in [3.05, 3.63) is 66.5 Å². The maximum atomic E-state index is 8.63. The molecular formula is C17H18Br2Cl2O. The van der Waals surface area contributed by atoms with Gasteiger partial charge in [0.2, 0.25) is 0 Å². The van der Waals surface area contributed by atoms with E-state index in [4.69, 9.17) is 28.3 Å². The Kier molecular flexibility index (Phi) is 9.69. The van der Waals surface area contributed by atoms with Gasteiger partial charge in [-0.15, -0.1) is 0 Å². The smallest absolute Gasteiger partial charge is 0.0550 e. The van der Waals surface area contributed by atoms with E-state index in [0.717, 1.165) is 32.4 Å². The Morgan fingerprint density at radius 3 is 1.68 bits per heavy atom. The van der Waals surface area contributed by atoms with Gasteiger partial charge in [0, 0.05) is 15.6 Å². The Balaban J connectivity index is 0.000000220. The van der Waals surface area contributed by atoms with Crippen LogP contribution in [-0.2, 0) is 12.8 Å². The molecule has 0 saturated carbocycles. The molecule has 5 heteroatoms. The van der Waals surface area contributed by atoms with E-state index < -0.39 is 0 Å². The van der Waals surface area contributed by atoms with Crippen LogP contribution in [0, 0.1) is 0 Å². The van der Waals surface area contributed by atoms with Crippen LogP contribution >= 0.6 is 55.1 Å².